The summed E-state index contributed by atoms with van der Waals surface area (Å²) >= 11 is 7.48. The zero-order valence-corrected chi connectivity index (χ0v) is 16.5. The van der Waals surface area contributed by atoms with E-state index in [1.807, 2.05) is 6.92 Å². The van der Waals surface area contributed by atoms with Gasteiger partial charge < -0.3 is 10.1 Å². The Morgan fingerprint density at radius 2 is 2.12 bits per heavy atom. The fourth-order valence-corrected chi connectivity index (χ4v) is 4.62. The molecule has 0 spiro atoms. The molecule has 4 nitrogen and oxygen atoms in total. The van der Waals surface area contributed by atoms with Crippen molar-refractivity contribution >= 4 is 33.8 Å². The first-order chi connectivity index (χ1) is 12.5. The number of amides is 1. The van der Waals surface area contributed by atoms with Crippen LogP contribution in [-0.4, -0.2) is 12.0 Å². The lowest BCUT2D eigenvalue weighted by Gasteiger charge is -2.16. The highest BCUT2D eigenvalue weighted by Crippen LogP contribution is 2.37. The smallest absolute Gasteiger partial charge is 0.265 e. The molecule has 0 saturated heterocycles. The molecule has 6 heteroatoms. The highest BCUT2D eigenvalue weighted by Gasteiger charge is 2.23. The van der Waals surface area contributed by atoms with E-state index in [2.05, 4.69) is 11.4 Å². The van der Waals surface area contributed by atoms with Gasteiger partial charge in [0.15, 0.2) is 6.10 Å². The minimum absolute atomic E-state index is 0.257. The molecule has 1 atom stereocenters. The van der Waals surface area contributed by atoms with Crippen LogP contribution in [0.1, 0.15) is 47.8 Å². The summed E-state index contributed by atoms with van der Waals surface area (Å²) in [6, 6.07) is 7.57. The maximum atomic E-state index is 12.6. The van der Waals surface area contributed by atoms with Crippen LogP contribution in [0.3, 0.4) is 0 Å². The number of nitrogens with zero attached hydrogens (tertiary/aromatic N) is 1. The second kappa shape index (κ2) is 8.11. The number of halogens is 1. The van der Waals surface area contributed by atoms with Crippen molar-refractivity contribution in [2.75, 3.05) is 5.32 Å². The van der Waals surface area contributed by atoms with Crippen LogP contribution < -0.4 is 10.1 Å². The van der Waals surface area contributed by atoms with E-state index in [9.17, 15) is 10.1 Å². The van der Waals surface area contributed by atoms with Crippen LogP contribution in [0.15, 0.2) is 18.2 Å². The second-order valence-electron chi connectivity index (χ2n) is 6.54. The van der Waals surface area contributed by atoms with Gasteiger partial charge in [-0.1, -0.05) is 18.0 Å². The van der Waals surface area contributed by atoms with Crippen molar-refractivity contribution in [1.29, 1.82) is 5.26 Å². The average molecular weight is 389 g/mol. The number of nitrogens with one attached hydrogen (secondary N) is 1. The van der Waals surface area contributed by atoms with Crippen LogP contribution >= 0.6 is 22.9 Å². The van der Waals surface area contributed by atoms with Crippen molar-refractivity contribution in [3.63, 3.8) is 0 Å². The summed E-state index contributed by atoms with van der Waals surface area (Å²) in [4.78, 5) is 13.8. The van der Waals surface area contributed by atoms with Gasteiger partial charge >= 0.3 is 0 Å². The van der Waals surface area contributed by atoms with E-state index in [0.29, 0.717) is 21.3 Å². The lowest BCUT2D eigenvalue weighted by atomic mass is 10.1. The molecular formula is C20H21ClN2O2S. The van der Waals surface area contributed by atoms with Gasteiger partial charge in [0.1, 0.15) is 16.8 Å². The topological polar surface area (TPSA) is 62.1 Å². The minimum atomic E-state index is -0.677. The molecule has 0 aliphatic heterocycles. The Balaban J connectivity index is 1.74. The average Bonchev–Trinajstić information content (AvgIpc) is 2.76. The first-order valence-corrected chi connectivity index (χ1v) is 9.97. The highest BCUT2D eigenvalue weighted by molar-refractivity contribution is 7.16. The molecule has 1 aromatic heterocycles. The number of hydrogen-bond acceptors (Lipinski definition) is 4. The standard InChI is InChI=1S/C20H21ClN2O2S/c1-12-10-14(21)8-9-17(12)25-13(2)19(24)23-20-16(11-22)15-6-4-3-5-7-18(15)26-20/h8-10,13H,3-7H2,1-2H3,(H,23,24)/t13-/m0/s1. The number of hydrogen-bond donors (Lipinski definition) is 1. The van der Waals surface area contributed by atoms with Crippen molar-refractivity contribution < 1.29 is 9.53 Å². The van der Waals surface area contributed by atoms with Gasteiger partial charge in [0.2, 0.25) is 0 Å². The Labute approximate surface area is 162 Å². The first-order valence-electron chi connectivity index (χ1n) is 8.78. The molecule has 26 heavy (non-hydrogen) atoms. The summed E-state index contributed by atoms with van der Waals surface area (Å²) in [6.07, 6.45) is 4.66. The largest absolute Gasteiger partial charge is 0.481 e. The summed E-state index contributed by atoms with van der Waals surface area (Å²) in [6.45, 7) is 3.59. The van der Waals surface area contributed by atoms with Crippen molar-refractivity contribution in [1.82, 2.24) is 0 Å². The van der Waals surface area contributed by atoms with Crippen LogP contribution in [0.25, 0.3) is 0 Å². The van der Waals surface area contributed by atoms with E-state index >= 15 is 0 Å². The van der Waals surface area contributed by atoms with Gasteiger partial charge in [0.05, 0.1) is 5.56 Å². The molecular weight excluding hydrogens is 368 g/mol. The van der Waals surface area contributed by atoms with Gasteiger partial charge in [0, 0.05) is 9.90 Å². The molecule has 3 rings (SSSR count). The summed E-state index contributed by atoms with van der Waals surface area (Å²) in [5.74, 6) is 0.367. The van der Waals surface area contributed by atoms with E-state index in [4.69, 9.17) is 16.3 Å². The normalized spacial score (nSPS) is 14.7. The Kier molecular flexibility index (Phi) is 5.85. The number of rotatable bonds is 4. The molecule has 0 unspecified atom stereocenters. The Morgan fingerprint density at radius 1 is 1.35 bits per heavy atom. The number of aryl methyl sites for hydroxylation is 2. The lowest BCUT2D eigenvalue weighted by molar-refractivity contribution is -0.122. The molecule has 2 aromatic rings. The molecule has 1 aliphatic rings. The van der Waals surface area contributed by atoms with Gasteiger partial charge in [-0.25, -0.2) is 0 Å². The third-order valence-electron chi connectivity index (χ3n) is 4.58. The van der Waals surface area contributed by atoms with Gasteiger partial charge in [0.25, 0.3) is 5.91 Å². The van der Waals surface area contributed by atoms with Crippen LogP contribution in [0.4, 0.5) is 5.00 Å². The molecule has 1 aromatic carbocycles. The SMILES string of the molecule is Cc1cc(Cl)ccc1O[C@@H](C)C(=O)Nc1sc2c(c1C#N)CCCCC2. The number of carbonyl (C=O) groups excluding carboxylic acids is 1. The van der Waals surface area contributed by atoms with Crippen molar-refractivity contribution in [2.45, 2.75) is 52.1 Å². The van der Waals surface area contributed by atoms with Gasteiger partial charge in [-0.15, -0.1) is 11.3 Å². The molecule has 0 bridgehead atoms. The zero-order chi connectivity index (χ0) is 18.7. The van der Waals surface area contributed by atoms with E-state index < -0.39 is 6.10 Å². The number of benzene rings is 1. The van der Waals surface area contributed by atoms with E-state index in [1.165, 1.54) is 22.6 Å². The summed E-state index contributed by atoms with van der Waals surface area (Å²) in [5.41, 5.74) is 2.61. The fourth-order valence-electron chi connectivity index (χ4n) is 3.15. The molecule has 0 radical (unpaired) electrons. The maximum Gasteiger partial charge on any atom is 0.265 e. The molecule has 1 amide bonds. The molecule has 0 saturated carbocycles. The Hall–Kier alpha value is -2.03. The van der Waals surface area contributed by atoms with Crippen LogP contribution in [-0.2, 0) is 17.6 Å². The van der Waals surface area contributed by atoms with E-state index in [1.54, 1.807) is 25.1 Å². The number of ether oxygens (including phenoxy) is 1. The number of nitriles is 1. The predicted molar refractivity (Wildman–Crippen MR) is 105 cm³/mol. The third kappa shape index (κ3) is 4.03. The van der Waals surface area contributed by atoms with E-state index in [0.717, 1.165) is 36.8 Å². The number of thiophene rings is 1. The number of carbonyl (C=O) groups is 1. The second-order valence-corrected chi connectivity index (χ2v) is 8.08. The van der Waals surface area contributed by atoms with Gasteiger partial charge in [-0.3, -0.25) is 4.79 Å². The third-order valence-corrected chi connectivity index (χ3v) is 6.02. The zero-order valence-electron chi connectivity index (χ0n) is 14.9. The monoisotopic (exact) mass is 388 g/mol. The van der Waals surface area contributed by atoms with Crippen LogP contribution in [0.5, 0.6) is 5.75 Å². The maximum absolute atomic E-state index is 12.6. The molecule has 0 fully saturated rings. The Bertz CT molecular complexity index is 869. The molecule has 1 heterocycles. The highest BCUT2D eigenvalue weighted by atomic mass is 35.5. The summed E-state index contributed by atoms with van der Waals surface area (Å²) in [7, 11) is 0. The van der Waals surface area contributed by atoms with E-state index in [-0.39, 0.29) is 5.91 Å². The lowest BCUT2D eigenvalue weighted by Crippen LogP contribution is -2.30. The minimum Gasteiger partial charge on any atom is -0.481 e. The molecule has 136 valence electrons. The molecule has 1 aliphatic carbocycles. The fraction of sp³-hybridized carbons (Fsp3) is 0.400. The Morgan fingerprint density at radius 3 is 2.85 bits per heavy atom. The van der Waals surface area contributed by atoms with Gasteiger partial charge in [-0.05, 0) is 68.9 Å². The number of anilines is 1. The first kappa shape index (κ1) is 18.8. The van der Waals surface area contributed by atoms with Crippen LogP contribution in [0.2, 0.25) is 5.02 Å². The number of fused-ring (bicyclic) bond motifs is 1. The predicted octanol–water partition coefficient (Wildman–Crippen LogP) is 5.26. The van der Waals surface area contributed by atoms with Crippen molar-refractivity contribution in [3.05, 3.63) is 44.8 Å². The van der Waals surface area contributed by atoms with Crippen molar-refractivity contribution in [2.24, 2.45) is 0 Å². The van der Waals surface area contributed by atoms with Crippen LogP contribution in [0, 0.1) is 18.3 Å². The summed E-state index contributed by atoms with van der Waals surface area (Å²) < 4.78 is 5.78. The molecule has 1 N–H and O–H groups in total. The van der Waals surface area contributed by atoms with Crippen molar-refractivity contribution in [3.8, 4) is 11.8 Å². The van der Waals surface area contributed by atoms with Gasteiger partial charge in [-0.2, -0.15) is 5.26 Å². The quantitative estimate of drug-likeness (QED) is 0.727. The summed E-state index contributed by atoms with van der Waals surface area (Å²) in [5, 5.41) is 13.7.